The Hall–Kier alpha value is -2.48. The lowest BCUT2D eigenvalue weighted by molar-refractivity contribution is -0.143. The van der Waals surface area contributed by atoms with Crippen molar-refractivity contribution in [1.29, 1.82) is 0 Å². The molecule has 0 spiro atoms. The van der Waals surface area contributed by atoms with Crippen LogP contribution in [0, 0.1) is 0 Å². The van der Waals surface area contributed by atoms with Crippen molar-refractivity contribution < 1.29 is 28.9 Å². The summed E-state index contributed by atoms with van der Waals surface area (Å²) in [6, 6.07) is 4.83. The summed E-state index contributed by atoms with van der Waals surface area (Å²) >= 11 is 0. The molecule has 1 aliphatic carbocycles. The summed E-state index contributed by atoms with van der Waals surface area (Å²) in [5.74, 6) is 0.857. The van der Waals surface area contributed by atoms with E-state index < -0.39 is 12.0 Å². The first-order valence-corrected chi connectivity index (χ1v) is 8.32. The molecule has 1 aliphatic heterocycles. The van der Waals surface area contributed by atoms with E-state index in [1.54, 1.807) is 30.0 Å². The first kappa shape index (κ1) is 17.3. The van der Waals surface area contributed by atoms with Gasteiger partial charge in [0.15, 0.2) is 11.5 Å². The van der Waals surface area contributed by atoms with Crippen molar-refractivity contribution in [3.05, 3.63) is 18.2 Å². The van der Waals surface area contributed by atoms with Gasteiger partial charge in [0.25, 0.3) is 0 Å². The van der Waals surface area contributed by atoms with Crippen molar-refractivity contribution in [2.24, 2.45) is 0 Å². The predicted molar refractivity (Wildman–Crippen MR) is 87.9 cm³/mol. The van der Waals surface area contributed by atoms with Crippen LogP contribution < -0.4 is 19.5 Å². The fraction of sp³-hybridized carbons (Fsp3) is 0.529. The minimum atomic E-state index is -0.911. The molecule has 1 aromatic carbocycles. The molecular weight excluding hydrogens is 328 g/mol. The standard InChI is InChI=1S/C17H22N2O6/c1-11(17(21)22)19(12-2-3-12)9-16(20)18-6-7-23-13-4-5-14-15(8-13)25-10-24-14/h4-5,8,11-12H,2-3,6-7,9-10H2,1H3,(H,18,20)(H,21,22). The summed E-state index contributed by atoms with van der Waals surface area (Å²) in [4.78, 5) is 24.9. The number of hydrogen-bond donors (Lipinski definition) is 2. The molecule has 3 rings (SSSR count). The molecule has 1 heterocycles. The van der Waals surface area contributed by atoms with Crippen LogP contribution in [0.25, 0.3) is 0 Å². The highest BCUT2D eigenvalue weighted by Crippen LogP contribution is 2.35. The summed E-state index contributed by atoms with van der Waals surface area (Å²) in [6.07, 6.45) is 1.89. The molecule has 8 heteroatoms. The van der Waals surface area contributed by atoms with Crippen LogP contribution in [0.1, 0.15) is 19.8 Å². The Morgan fingerprint density at radius 2 is 2.12 bits per heavy atom. The first-order valence-electron chi connectivity index (χ1n) is 8.32. The molecule has 1 aromatic rings. The quantitative estimate of drug-likeness (QED) is 0.637. The lowest BCUT2D eigenvalue weighted by Gasteiger charge is -2.25. The molecule has 1 atom stereocenters. The summed E-state index contributed by atoms with van der Waals surface area (Å²) in [5, 5.41) is 11.9. The van der Waals surface area contributed by atoms with E-state index in [1.807, 2.05) is 0 Å². The number of carboxylic acids is 1. The first-order chi connectivity index (χ1) is 12.0. The molecule has 1 amide bonds. The van der Waals surface area contributed by atoms with E-state index in [9.17, 15) is 9.59 Å². The minimum absolute atomic E-state index is 0.0855. The average molecular weight is 350 g/mol. The monoisotopic (exact) mass is 350 g/mol. The maximum Gasteiger partial charge on any atom is 0.320 e. The van der Waals surface area contributed by atoms with Crippen molar-refractivity contribution in [3.8, 4) is 17.2 Å². The minimum Gasteiger partial charge on any atom is -0.492 e. The molecule has 8 nitrogen and oxygen atoms in total. The highest BCUT2D eigenvalue weighted by atomic mass is 16.7. The Balaban J connectivity index is 1.39. The fourth-order valence-electron chi connectivity index (χ4n) is 2.68. The van der Waals surface area contributed by atoms with Crippen LogP contribution in [-0.4, -0.2) is 60.5 Å². The number of rotatable bonds is 9. The van der Waals surface area contributed by atoms with Gasteiger partial charge in [0.2, 0.25) is 12.7 Å². The number of ether oxygens (including phenoxy) is 3. The smallest absolute Gasteiger partial charge is 0.320 e. The largest absolute Gasteiger partial charge is 0.492 e. The average Bonchev–Trinajstić information content (AvgIpc) is 3.33. The molecule has 2 N–H and O–H groups in total. The Morgan fingerprint density at radius 3 is 2.84 bits per heavy atom. The van der Waals surface area contributed by atoms with Crippen molar-refractivity contribution >= 4 is 11.9 Å². The van der Waals surface area contributed by atoms with E-state index in [0.29, 0.717) is 30.4 Å². The van der Waals surface area contributed by atoms with Gasteiger partial charge in [-0.15, -0.1) is 0 Å². The molecule has 1 saturated carbocycles. The molecule has 0 radical (unpaired) electrons. The Labute approximate surface area is 145 Å². The summed E-state index contributed by atoms with van der Waals surface area (Å²) in [6.45, 7) is 2.55. The third kappa shape index (κ3) is 4.54. The zero-order valence-electron chi connectivity index (χ0n) is 14.1. The molecule has 0 saturated heterocycles. The maximum atomic E-state index is 12.0. The summed E-state index contributed by atoms with van der Waals surface area (Å²) < 4.78 is 16.1. The van der Waals surface area contributed by atoms with E-state index in [4.69, 9.17) is 19.3 Å². The van der Waals surface area contributed by atoms with Crippen LogP contribution in [0.3, 0.4) is 0 Å². The second-order valence-electron chi connectivity index (χ2n) is 6.13. The number of aliphatic carboxylic acids is 1. The molecule has 25 heavy (non-hydrogen) atoms. The van der Waals surface area contributed by atoms with Crippen LogP contribution in [0.15, 0.2) is 18.2 Å². The van der Waals surface area contributed by atoms with Crippen LogP contribution >= 0.6 is 0 Å². The zero-order valence-corrected chi connectivity index (χ0v) is 14.1. The number of fused-ring (bicyclic) bond motifs is 1. The zero-order chi connectivity index (χ0) is 17.8. The molecule has 2 aliphatic rings. The van der Waals surface area contributed by atoms with Gasteiger partial charge in [-0.3, -0.25) is 14.5 Å². The van der Waals surface area contributed by atoms with Gasteiger partial charge >= 0.3 is 5.97 Å². The number of amides is 1. The predicted octanol–water partition coefficient (Wildman–Crippen LogP) is 0.848. The maximum absolute atomic E-state index is 12.0. The second kappa shape index (κ2) is 7.60. The number of carbonyl (C=O) groups is 2. The normalized spacial score (nSPS) is 16.6. The van der Waals surface area contributed by atoms with Gasteiger partial charge in [0.1, 0.15) is 18.4 Å². The topological polar surface area (TPSA) is 97.3 Å². The summed E-state index contributed by atoms with van der Waals surface area (Å²) in [7, 11) is 0. The van der Waals surface area contributed by atoms with E-state index >= 15 is 0 Å². The Morgan fingerprint density at radius 1 is 1.36 bits per heavy atom. The van der Waals surface area contributed by atoms with Crippen molar-refractivity contribution in [2.45, 2.75) is 31.8 Å². The summed E-state index contributed by atoms with van der Waals surface area (Å²) in [5.41, 5.74) is 0. The van der Waals surface area contributed by atoms with Gasteiger partial charge < -0.3 is 24.6 Å². The molecule has 0 bridgehead atoms. The van der Waals surface area contributed by atoms with Gasteiger partial charge in [-0.05, 0) is 31.9 Å². The van der Waals surface area contributed by atoms with Gasteiger partial charge in [-0.2, -0.15) is 0 Å². The second-order valence-corrected chi connectivity index (χ2v) is 6.13. The van der Waals surface area contributed by atoms with Crippen molar-refractivity contribution in [2.75, 3.05) is 26.5 Å². The van der Waals surface area contributed by atoms with Crippen LogP contribution in [0.5, 0.6) is 17.2 Å². The van der Waals surface area contributed by atoms with Crippen LogP contribution in [-0.2, 0) is 9.59 Å². The highest BCUT2D eigenvalue weighted by molar-refractivity contribution is 5.80. The third-order valence-corrected chi connectivity index (χ3v) is 4.23. The fourth-order valence-corrected chi connectivity index (χ4v) is 2.68. The van der Waals surface area contributed by atoms with E-state index in [2.05, 4.69) is 5.32 Å². The molecule has 136 valence electrons. The molecular formula is C17H22N2O6. The van der Waals surface area contributed by atoms with Gasteiger partial charge in [-0.25, -0.2) is 0 Å². The van der Waals surface area contributed by atoms with Gasteiger partial charge in [-0.1, -0.05) is 0 Å². The van der Waals surface area contributed by atoms with E-state index in [0.717, 1.165) is 12.8 Å². The van der Waals surface area contributed by atoms with E-state index in [-0.39, 0.29) is 25.3 Å². The number of benzene rings is 1. The third-order valence-electron chi connectivity index (χ3n) is 4.23. The molecule has 1 unspecified atom stereocenters. The number of hydrogen-bond acceptors (Lipinski definition) is 6. The number of carboxylic acid groups (broad SMARTS) is 1. The van der Waals surface area contributed by atoms with Crippen molar-refractivity contribution in [3.63, 3.8) is 0 Å². The lowest BCUT2D eigenvalue weighted by atomic mass is 10.2. The van der Waals surface area contributed by atoms with Gasteiger partial charge in [0.05, 0.1) is 13.1 Å². The number of nitrogens with zero attached hydrogens (tertiary/aromatic N) is 1. The van der Waals surface area contributed by atoms with Crippen LogP contribution in [0.2, 0.25) is 0 Å². The lowest BCUT2D eigenvalue weighted by Crippen LogP contribution is -2.46. The highest BCUT2D eigenvalue weighted by Gasteiger charge is 2.36. The van der Waals surface area contributed by atoms with E-state index in [1.165, 1.54) is 0 Å². The molecule has 1 fully saturated rings. The van der Waals surface area contributed by atoms with Crippen LogP contribution in [0.4, 0.5) is 0 Å². The van der Waals surface area contributed by atoms with Crippen molar-refractivity contribution in [1.82, 2.24) is 10.2 Å². The Bertz CT molecular complexity index is 646. The number of carbonyl (C=O) groups excluding carboxylic acids is 1. The molecule has 0 aromatic heterocycles. The number of nitrogens with one attached hydrogen (secondary N) is 1. The Kier molecular flexibility index (Phi) is 5.28. The van der Waals surface area contributed by atoms with Gasteiger partial charge in [0, 0.05) is 12.1 Å². The SMILES string of the molecule is CC(C(=O)O)N(CC(=O)NCCOc1ccc2c(c1)OCO2)C1CC1.